The van der Waals surface area contributed by atoms with E-state index in [1.165, 1.54) is 6.20 Å². The van der Waals surface area contributed by atoms with Crippen molar-refractivity contribution in [2.24, 2.45) is 0 Å². The minimum Gasteiger partial charge on any atom is -0.494 e. The van der Waals surface area contributed by atoms with Crippen molar-refractivity contribution in [1.82, 2.24) is 20.2 Å². The molecule has 2 amide bonds. The van der Waals surface area contributed by atoms with Crippen molar-refractivity contribution < 1.29 is 37.7 Å². The summed E-state index contributed by atoms with van der Waals surface area (Å²) in [5.41, 5.74) is 3.65. The molecule has 4 N–H and O–H groups in total. The zero-order valence-electron chi connectivity index (χ0n) is 28.6. The molecule has 51 heavy (non-hydrogen) atoms. The number of amides is 2. The fourth-order valence-corrected chi connectivity index (χ4v) is 6.74. The first-order valence-corrected chi connectivity index (χ1v) is 18.6. The summed E-state index contributed by atoms with van der Waals surface area (Å²) in [6.07, 6.45) is 1.73. The number of imide groups is 1. The maximum absolute atomic E-state index is 13.1. The lowest BCUT2D eigenvalue weighted by Crippen LogP contribution is -2.58. The molecule has 1 fully saturated rings. The highest BCUT2D eigenvalue weighted by Crippen LogP contribution is 2.34. The maximum Gasteiger partial charge on any atom is 0.262 e. The largest absolute Gasteiger partial charge is 0.494 e. The van der Waals surface area contributed by atoms with Crippen molar-refractivity contribution in [3.05, 3.63) is 107 Å². The Morgan fingerprint density at radius 3 is 2.20 bits per heavy atom. The lowest BCUT2D eigenvalue weighted by Gasteiger charge is -2.36. The average molecular weight is 716 g/mol. The minimum absolute atomic E-state index is 0.111. The van der Waals surface area contributed by atoms with E-state index in [9.17, 15) is 28.2 Å². The number of nitrogens with one attached hydrogen (secondary N) is 2. The Morgan fingerprint density at radius 1 is 0.902 bits per heavy atom. The highest BCUT2D eigenvalue weighted by molar-refractivity contribution is 7.90. The van der Waals surface area contributed by atoms with Crippen molar-refractivity contribution in [2.75, 3.05) is 24.7 Å². The van der Waals surface area contributed by atoms with E-state index < -0.39 is 40.1 Å². The number of carbonyl (C=O) groups excluding carboxylic acids is 2. The fraction of sp³-hybridized carbons (Fsp3) is 0.351. The Kier molecular flexibility index (Phi) is 10.4. The maximum atomic E-state index is 13.1. The van der Waals surface area contributed by atoms with Gasteiger partial charge in [0.05, 0.1) is 29.5 Å². The minimum atomic E-state index is -3.50. The van der Waals surface area contributed by atoms with E-state index >= 15 is 0 Å². The van der Waals surface area contributed by atoms with E-state index in [-0.39, 0.29) is 22.7 Å². The number of anilines is 1. The summed E-state index contributed by atoms with van der Waals surface area (Å²) in [7, 11) is -3.50. The van der Waals surface area contributed by atoms with E-state index in [4.69, 9.17) is 9.47 Å². The van der Waals surface area contributed by atoms with Crippen molar-refractivity contribution >= 4 is 27.3 Å². The zero-order chi connectivity index (χ0) is 36.3. The number of carbonyl (C=O) groups is 2. The van der Waals surface area contributed by atoms with Crippen LogP contribution in [0, 0.1) is 0 Å². The van der Waals surface area contributed by atoms with Crippen LogP contribution in [0.5, 0.6) is 11.5 Å². The number of nitrogens with zero attached hydrogens (tertiary/aromatic N) is 3. The molecule has 268 valence electrons. The average Bonchev–Trinajstić information content (AvgIpc) is 3.35. The summed E-state index contributed by atoms with van der Waals surface area (Å²) in [5, 5.41) is 25.7. The highest BCUT2D eigenvalue weighted by atomic mass is 32.2. The van der Waals surface area contributed by atoms with Gasteiger partial charge in [0, 0.05) is 30.1 Å². The number of aliphatic hydroxyl groups excluding tert-OH is 2. The van der Waals surface area contributed by atoms with Crippen LogP contribution in [0.15, 0.2) is 84.1 Å². The molecule has 1 aromatic heterocycles. The third-order valence-electron chi connectivity index (χ3n) is 9.19. The Labute approximate surface area is 296 Å². The number of hydrogen-bond donors (Lipinski definition) is 4. The van der Waals surface area contributed by atoms with Crippen molar-refractivity contribution in [3.63, 3.8) is 0 Å². The number of ether oxygens (including phenoxy) is 2. The van der Waals surface area contributed by atoms with Crippen molar-refractivity contribution in [3.8, 4) is 11.5 Å². The number of rotatable bonds is 13. The Bertz CT molecular complexity index is 2000. The summed E-state index contributed by atoms with van der Waals surface area (Å²) < 4.78 is 35.3. The standard InChI is InChI=1S/C37H41N5O8S/c1-37(2,24-7-12-28(13-8-24)50-22-26-17-19-39-36(40-26)51(3,47)48)23-5-10-27(11-6-23)49-20-4-18-38-25-9-14-29-30(21-25)35(46)42(34(29)45)31-15-16-32(43)41-33(31)44/h5-14,17,19,21,31-33,38,41,43-44H,4,15-16,18,20,22H2,1-3H3. The van der Waals surface area contributed by atoms with E-state index in [0.717, 1.165) is 28.0 Å². The first-order chi connectivity index (χ1) is 24.3. The topological polar surface area (TPSA) is 180 Å². The molecule has 2 aliphatic heterocycles. The third kappa shape index (κ3) is 8.04. The molecule has 0 saturated carbocycles. The van der Waals surface area contributed by atoms with Gasteiger partial charge in [0.25, 0.3) is 11.8 Å². The van der Waals surface area contributed by atoms with Crippen LogP contribution < -0.4 is 20.1 Å². The van der Waals surface area contributed by atoms with Crippen molar-refractivity contribution in [2.45, 2.75) is 68.8 Å². The van der Waals surface area contributed by atoms with Gasteiger partial charge in [0.15, 0.2) is 0 Å². The molecule has 3 atom stereocenters. The van der Waals surface area contributed by atoms with Gasteiger partial charge in [-0.3, -0.25) is 19.8 Å². The predicted molar refractivity (Wildman–Crippen MR) is 188 cm³/mol. The van der Waals surface area contributed by atoms with E-state index in [1.54, 1.807) is 24.3 Å². The first kappa shape index (κ1) is 35.9. The smallest absolute Gasteiger partial charge is 0.262 e. The lowest BCUT2D eigenvalue weighted by molar-refractivity contribution is -0.0413. The molecule has 3 aromatic carbocycles. The van der Waals surface area contributed by atoms with Gasteiger partial charge >= 0.3 is 0 Å². The van der Waals surface area contributed by atoms with Crippen LogP contribution in [0.25, 0.3) is 0 Å². The number of aliphatic hydroxyl groups is 2. The molecule has 3 heterocycles. The quantitative estimate of drug-likeness (QED) is 0.0898. The summed E-state index contributed by atoms with van der Waals surface area (Å²) in [5.74, 6) is 0.480. The summed E-state index contributed by atoms with van der Waals surface area (Å²) in [4.78, 5) is 35.1. The first-order valence-electron chi connectivity index (χ1n) is 16.7. The molecule has 0 bridgehead atoms. The van der Waals surface area contributed by atoms with Crippen molar-refractivity contribution in [1.29, 1.82) is 0 Å². The van der Waals surface area contributed by atoms with E-state index in [2.05, 4.69) is 34.4 Å². The molecule has 6 rings (SSSR count). The number of piperidine rings is 1. The molecule has 0 spiro atoms. The zero-order valence-corrected chi connectivity index (χ0v) is 29.4. The van der Waals surface area contributed by atoms with Gasteiger partial charge in [0.2, 0.25) is 15.0 Å². The van der Waals surface area contributed by atoms with Gasteiger partial charge in [-0.2, -0.15) is 0 Å². The molecule has 4 aromatic rings. The van der Waals surface area contributed by atoms with E-state index in [0.29, 0.717) is 55.1 Å². The van der Waals surface area contributed by atoms with Crippen LogP contribution in [0.1, 0.15) is 70.6 Å². The molecule has 13 nitrogen and oxygen atoms in total. The van der Waals surface area contributed by atoms with Gasteiger partial charge in [-0.1, -0.05) is 38.1 Å². The molecule has 2 aliphatic rings. The van der Waals surface area contributed by atoms with Crippen LogP contribution >= 0.6 is 0 Å². The van der Waals surface area contributed by atoms with Crippen LogP contribution in [-0.2, 0) is 21.9 Å². The summed E-state index contributed by atoms with van der Waals surface area (Å²) in [6.45, 7) is 5.44. The molecule has 1 saturated heterocycles. The molecular weight excluding hydrogens is 675 g/mol. The van der Waals surface area contributed by atoms with Gasteiger partial charge < -0.3 is 25.0 Å². The van der Waals surface area contributed by atoms with Gasteiger partial charge in [-0.05, 0) is 78.9 Å². The second-order valence-electron chi connectivity index (χ2n) is 13.2. The normalized spacial score (nSPS) is 19.2. The van der Waals surface area contributed by atoms with Gasteiger partial charge in [0.1, 0.15) is 30.6 Å². The SMILES string of the molecule is CC(C)(c1ccc(OCCCNc2ccc3c(c2)C(=O)N(C2CCC(O)NC2O)C3=O)cc1)c1ccc(OCc2ccnc(S(C)(=O)=O)n2)cc1. The second kappa shape index (κ2) is 14.8. The third-order valence-corrected chi connectivity index (χ3v) is 10.1. The van der Waals surface area contributed by atoms with Gasteiger partial charge in [-0.25, -0.2) is 18.4 Å². The molecule has 0 radical (unpaired) electrons. The Hall–Kier alpha value is -4.89. The number of sulfone groups is 1. The number of hydrogen-bond acceptors (Lipinski definition) is 12. The van der Waals surface area contributed by atoms with Gasteiger partial charge in [-0.15, -0.1) is 0 Å². The van der Waals surface area contributed by atoms with E-state index in [1.807, 2.05) is 48.5 Å². The highest BCUT2D eigenvalue weighted by Gasteiger charge is 2.44. The fourth-order valence-electron chi connectivity index (χ4n) is 6.21. The Balaban J connectivity index is 0.964. The van der Waals surface area contributed by atoms with Crippen LogP contribution in [0.3, 0.4) is 0 Å². The summed E-state index contributed by atoms with van der Waals surface area (Å²) in [6, 6.07) is 21.7. The molecular formula is C37H41N5O8S. The molecule has 14 heteroatoms. The lowest BCUT2D eigenvalue weighted by atomic mass is 9.78. The molecule has 0 aliphatic carbocycles. The van der Waals surface area contributed by atoms with Crippen LogP contribution in [0.4, 0.5) is 5.69 Å². The molecule has 3 unspecified atom stereocenters. The predicted octanol–water partition coefficient (Wildman–Crippen LogP) is 3.65. The van der Waals surface area contributed by atoms with Crippen LogP contribution in [0.2, 0.25) is 0 Å². The van der Waals surface area contributed by atoms with Crippen LogP contribution in [-0.4, -0.2) is 83.2 Å². The monoisotopic (exact) mass is 715 g/mol. The number of aromatic nitrogens is 2. The second-order valence-corrected chi connectivity index (χ2v) is 15.1. The summed E-state index contributed by atoms with van der Waals surface area (Å²) >= 11 is 0. The number of benzene rings is 3. The number of fused-ring (bicyclic) bond motifs is 1. The Morgan fingerprint density at radius 2 is 1.55 bits per heavy atom.